The van der Waals surface area contributed by atoms with Crippen LogP contribution in [0.5, 0.6) is 0 Å². The quantitative estimate of drug-likeness (QED) is 0.801. The molecule has 0 saturated heterocycles. The third-order valence-corrected chi connectivity index (χ3v) is 4.40. The number of halogens is 2. The number of anilines is 1. The second-order valence-corrected chi connectivity index (χ2v) is 6.46. The van der Waals surface area contributed by atoms with Gasteiger partial charge in [0, 0.05) is 26.3 Å². The Morgan fingerprint density at radius 2 is 1.91 bits per heavy atom. The van der Waals surface area contributed by atoms with Crippen LogP contribution in [0.1, 0.15) is 22.3 Å². The highest BCUT2D eigenvalue weighted by Gasteiger charge is 2.46. The van der Waals surface area contributed by atoms with Gasteiger partial charge in [-0.2, -0.15) is 0 Å². The zero-order valence-corrected chi connectivity index (χ0v) is 13.6. The van der Waals surface area contributed by atoms with Crippen LogP contribution in [0.15, 0.2) is 46.9 Å². The summed E-state index contributed by atoms with van der Waals surface area (Å²) in [6, 6.07) is 11.5. The van der Waals surface area contributed by atoms with Crippen LogP contribution in [-0.4, -0.2) is 16.8 Å². The molecule has 0 fully saturated rings. The van der Waals surface area contributed by atoms with Gasteiger partial charge in [0.2, 0.25) is 0 Å². The molecule has 1 amide bonds. The molecular formula is C16H11BrClNO3. The second kappa shape index (κ2) is 5.50. The summed E-state index contributed by atoms with van der Waals surface area (Å²) in [4.78, 5) is 24.5. The van der Waals surface area contributed by atoms with E-state index in [1.165, 1.54) is 6.07 Å². The molecule has 0 unspecified atom stereocenters. The third-order valence-electron chi connectivity index (χ3n) is 3.63. The van der Waals surface area contributed by atoms with Crippen LogP contribution in [0.2, 0.25) is 5.02 Å². The van der Waals surface area contributed by atoms with Crippen molar-refractivity contribution in [3.05, 3.63) is 63.1 Å². The Kier molecular flexibility index (Phi) is 3.80. The first kappa shape index (κ1) is 15.2. The Labute approximate surface area is 140 Å². The van der Waals surface area contributed by atoms with Crippen molar-refractivity contribution in [1.29, 1.82) is 0 Å². The number of Topliss-reactive ketones (excluding diaryl/α,β-unsaturated/α-hetero) is 1. The fourth-order valence-corrected chi connectivity index (χ4v) is 2.90. The number of benzene rings is 2. The lowest BCUT2D eigenvalue weighted by atomic mass is 9.88. The molecule has 0 radical (unpaired) electrons. The van der Waals surface area contributed by atoms with Gasteiger partial charge in [-0.15, -0.1) is 0 Å². The molecule has 3 rings (SSSR count). The fraction of sp³-hybridized carbons (Fsp3) is 0.125. The van der Waals surface area contributed by atoms with E-state index in [1.807, 2.05) is 0 Å². The predicted molar refractivity (Wildman–Crippen MR) is 87.1 cm³/mol. The first-order valence-corrected chi connectivity index (χ1v) is 7.70. The van der Waals surface area contributed by atoms with E-state index in [0.717, 1.165) is 4.47 Å². The molecule has 1 aliphatic rings. The first-order chi connectivity index (χ1) is 10.4. The van der Waals surface area contributed by atoms with E-state index in [0.29, 0.717) is 21.8 Å². The van der Waals surface area contributed by atoms with Gasteiger partial charge in [-0.05, 0) is 30.3 Å². The summed E-state index contributed by atoms with van der Waals surface area (Å²) in [6.45, 7) is 0. The van der Waals surface area contributed by atoms with Crippen molar-refractivity contribution >= 4 is 44.9 Å². The molecule has 2 aromatic rings. The lowest BCUT2D eigenvalue weighted by Gasteiger charge is -2.20. The topological polar surface area (TPSA) is 66.4 Å². The predicted octanol–water partition coefficient (Wildman–Crippen LogP) is 3.52. The maximum absolute atomic E-state index is 12.4. The number of nitrogens with one attached hydrogen (secondary N) is 1. The SMILES string of the molecule is O=C(C[C@@]1(O)C(=O)Nc2ccc(Cl)cc21)c1ccc(Br)cc1. The van der Waals surface area contributed by atoms with E-state index in [9.17, 15) is 14.7 Å². The van der Waals surface area contributed by atoms with Crippen molar-refractivity contribution in [2.24, 2.45) is 0 Å². The zero-order chi connectivity index (χ0) is 15.9. The Balaban J connectivity index is 1.94. The highest BCUT2D eigenvalue weighted by molar-refractivity contribution is 9.10. The van der Waals surface area contributed by atoms with Gasteiger partial charge in [0.15, 0.2) is 11.4 Å². The minimum Gasteiger partial charge on any atom is -0.375 e. The molecule has 1 heterocycles. The zero-order valence-electron chi connectivity index (χ0n) is 11.3. The number of hydrogen-bond acceptors (Lipinski definition) is 3. The standard InChI is InChI=1S/C16H11BrClNO3/c17-10-3-1-9(2-4-10)14(20)8-16(22)12-7-11(18)5-6-13(12)19-15(16)21/h1-7,22H,8H2,(H,19,21)/t16-/m0/s1. The van der Waals surface area contributed by atoms with E-state index in [2.05, 4.69) is 21.2 Å². The number of hydrogen-bond donors (Lipinski definition) is 2. The highest BCUT2D eigenvalue weighted by Crippen LogP contribution is 2.40. The van der Waals surface area contributed by atoms with Crippen LogP contribution < -0.4 is 5.32 Å². The van der Waals surface area contributed by atoms with Crippen LogP contribution in [0.3, 0.4) is 0 Å². The average Bonchev–Trinajstić information content (AvgIpc) is 2.71. The molecule has 6 heteroatoms. The summed E-state index contributed by atoms with van der Waals surface area (Å²) in [5.74, 6) is -0.937. The van der Waals surface area contributed by atoms with E-state index in [-0.39, 0.29) is 12.2 Å². The number of carbonyl (C=O) groups is 2. The maximum Gasteiger partial charge on any atom is 0.261 e. The molecule has 0 spiro atoms. The monoisotopic (exact) mass is 379 g/mol. The normalized spacial score (nSPS) is 19.7. The lowest BCUT2D eigenvalue weighted by Crippen LogP contribution is -2.36. The molecule has 0 bridgehead atoms. The van der Waals surface area contributed by atoms with Gasteiger partial charge in [-0.3, -0.25) is 9.59 Å². The number of carbonyl (C=O) groups excluding carboxylic acids is 2. The average molecular weight is 381 g/mol. The molecule has 2 aromatic carbocycles. The minimum absolute atomic E-state index is 0.321. The van der Waals surface area contributed by atoms with Gasteiger partial charge in [-0.25, -0.2) is 0 Å². The van der Waals surface area contributed by atoms with Crippen LogP contribution >= 0.6 is 27.5 Å². The Morgan fingerprint density at radius 1 is 1.23 bits per heavy atom. The lowest BCUT2D eigenvalue weighted by molar-refractivity contribution is -0.133. The van der Waals surface area contributed by atoms with E-state index >= 15 is 0 Å². The number of ketones is 1. The van der Waals surface area contributed by atoms with Crippen molar-refractivity contribution in [1.82, 2.24) is 0 Å². The molecule has 1 aliphatic heterocycles. The van der Waals surface area contributed by atoms with Crippen molar-refractivity contribution in [2.75, 3.05) is 5.32 Å². The molecular weight excluding hydrogens is 370 g/mol. The van der Waals surface area contributed by atoms with Gasteiger partial charge in [-0.1, -0.05) is 39.7 Å². The second-order valence-electron chi connectivity index (χ2n) is 5.11. The van der Waals surface area contributed by atoms with Crippen LogP contribution in [0.25, 0.3) is 0 Å². The summed E-state index contributed by atoms with van der Waals surface area (Å²) < 4.78 is 0.846. The Hall–Kier alpha value is -1.69. The van der Waals surface area contributed by atoms with Gasteiger partial charge >= 0.3 is 0 Å². The van der Waals surface area contributed by atoms with Crippen LogP contribution in [0, 0.1) is 0 Å². The summed E-state index contributed by atoms with van der Waals surface area (Å²) in [7, 11) is 0. The summed E-state index contributed by atoms with van der Waals surface area (Å²) in [6.07, 6.45) is -0.339. The van der Waals surface area contributed by atoms with Gasteiger partial charge in [0.1, 0.15) is 0 Å². The van der Waals surface area contributed by atoms with Crippen molar-refractivity contribution in [3.63, 3.8) is 0 Å². The Bertz CT molecular complexity index is 775. The third kappa shape index (κ3) is 2.56. The van der Waals surface area contributed by atoms with Gasteiger partial charge < -0.3 is 10.4 Å². The molecule has 112 valence electrons. The molecule has 0 aliphatic carbocycles. The van der Waals surface area contributed by atoms with Crippen molar-refractivity contribution < 1.29 is 14.7 Å². The van der Waals surface area contributed by atoms with Crippen molar-refractivity contribution in [3.8, 4) is 0 Å². The fourth-order valence-electron chi connectivity index (χ4n) is 2.46. The minimum atomic E-state index is -1.90. The number of aliphatic hydroxyl groups is 1. The van der Waals surface area contributed by atoms with E-state index < -0.39 is 11.5 Å². The largest absolute Gasteiger partial charge is 0.375 e. The Morgan fingerprint density at radius 3 is 2.59 bits per heavy atom. The molecule has 0 saturated carbocycles. The number of rotatable bonds is 3. The van der Waals surface area contributed by atoms with Crippen molar-refractivity contribution in [2.45, 2.75) is 12.0 Å². The molecule has 22 heavy (non-hydrogen) atoms. The molecule has 2 N–H and O–H groups in total. The van der Waals surface area contributed by atoms with Crippen LogP contribution in [0.4, 0.5) is 5.69 Å². The first-order valence-electron chi connectivity index (χ1n) is 6.53. The number of amides is 1. The smallest absolute Gasteiger partial charge is 0.261 e. The van der Waals surface area contributed by atoms with Gasteiger partial charge in [0.25, 0.3) is 5.91 Å². The molecule has 4 nitrogen and oxygen atoms in total. The molecule has 0 aromatic heterocycles. The highest BCUT2D eigenvalue weighted by atomic mass is 79.9. The summed E-state index contributed by atoms with van der Waals surface area (Å²) in [5, 5.41) is 13.7. The maximum atomic E-state index is 12.4. The summed E-state index contributed by atoms with van der Waals surface area (Å²) in [5.41, 5.74) is -0.666. The van der Waals surface area contributed by atoms with Crippen LogP contribution in [-0.2, 0) is 10.4 Å². The number of fused-ring (bicyclic) bond motifs is 1. The van der Waals surface area contributed by atoms with E-state index in [4.69, 9.17) is 11.6 Å². The van der Waals surface area contributed by atoms with E-state index in [1.54, 1.807) is 36.4 Å². The molecule has 1 atom stereocenters. The van der Waals surface area contributed by atoms with Gasteiger partial charge in [0.05, 0.1) is 6.42 Å². The summed E-state index contributed by atoms with van der Waals surface area (Å²) >= 11 is 9.22.